The van der Waals surface area contributed by atoms with Crippen molar-refractivity contribution in [3.8, 4) is 0 Å². The lowest BCUT2D eigenvalue weighted by molar-refractivity contribution is -0.264. The molecule has 17 heteroatoms. The van der Waals surface area contributed by atoms with Gasteiger partial charge in [0.1, 0.15) is 9.21 Å². The number of aromatic nitrogens is 2. The average Bonchev–Trinajstić information content (AvgIpc) is 2.94. The van der Waals surface area contributed by atoms with Crippen molar-refractivity contribution >= 4 is 95.4 Å². The Hall–Kier alpha value is -2.52. The van der Waals surface area contributed by atoms with E-state index in [1.165, 1.54) is 42.6 Å². The Morgan fingerprint density at radius 3 is 1.55 bits per heavy atom. The molecule has 0 aliphatic rings. The second kappa shape index (κ2) is 15.8. The van der Waals surface area contributed by atoms with Crippen LogP contribution in [-0.4, -0.2) is 39.0 Å². The fraction of sp³-hybridized carbons (Fsp3) is 0.133. The zero-order valence-electron chi connectivity index (χ0n) is 22.9. The number of alkyl halides is 6. The molecule has 0 radical (unpaired) electrons. The molecule has 4 rings (SSSR count). The first-order valence-electron chi connectivity index (χ1n) is 12.5. The molecule has 1 atom stereocenters. The smallest absolute Gasteiger partial charge is 0.376 e. The number of nitrogens with zero attached hydrogens (tertiary/aromatic N) is 2. The van der Waals surface area contributed by atoms with E-state index < -0.39 is 47.1 Å². The Morgan fingerprint density at radius 1 is 0.702 bits per heavy atom. The van der Waals surface area contributed by atoms with E-state index in [1.54, 1.807) is 0 Å². The summed E-state index contributed by atoms with van der Waals surface area (Å²) in [5, 5.41) is 10.2. The second-order valence-electron chi connectivity index (χ2n) is 9.43. The first-order chi connectivity index (χ1) is 21.7. The van der Waals surface area contributed by atoms with Gasteiger partial charge in [-0.1, -0.05) is 46.4 Å². The maximum absolute atomic E-state index is 13.5. The van der Waals surface area contributed by atoms with E-state index >= 15 is 0 Å². The van der Waals surface area contributed by atoms with Gasteiger partial charge in [0, 0.05) is 43.6 Å². The first kappa shape index (κ1) is 38.9. The molecule has 0 fully saturated rings. The van der Waals surface area contributed by atoms with E-state index in [0.717, 1.165) is 30.5 Å². The molecule has 0 amide bonds. The van der Waals surface area contributed by atoms with Crippen LogP contribution in [0.3, 0.4) is 0 Å². The Balaban J connectivity index is 0.000000256. The van der Waals surface area contributed by atoms with Gasteiger partial charge in [-0.3, -0.25) is 9.59 Å². The van der Waals surface area contributed by atoms with Crippen LogP contribution in [0.15, 0.2) is 88.3 Å². The molecule has 47 heavy (non-hydrogen) atoms. The van der Waals surface area contributed by atoms with E-state index in [0.29, 0.717) is 15.3 Å². The van der Waals surface area contributed by atoms with Crippen molar-refractivity contribution in [3.05, 3.63) is 131 Å². The monoisotopic (exact) mass is 864 g/mol. The molecule has 0 aliphatic heterocycles. The standard InChI is InChI=1S/C15H9BrCl2F3NO2.C15H7BrCl2F3NO/c16-13-2-1-8(7-22-13)12(23)6-14(24,15(19,20)21)9-3-10(17)5-11(18)4-9;16-14-2-1-8(7-22-14)13(23)6-12(15(19,20)21)9-3-10(17)5-11(18)4-9/h1-5,7,24H,6H2;1-7H. The summed E-state index contributed by atoms with van der Waals surface area (Å²) in [6.07, 6.45) is -8.27. The minimum atomic E-state index is -5.11. The number of aliphatic hydroxyl groups is 1. The molecule has 1 N–H and O–H groups in total. The molecule has 2 aromatic carbocycles. The van der Waals surface area contributed by atoms with Crippen LogP contribution < -0.4 is 0 Å². The van der Waals surface area contributed by atoms with Gasteiger partial charge in [-0.2, -0.15) is 26.3 Å². The minimum absolute atomic E-state index is 0.0306. The number of allylic oxidation sites excluding steroid dienone is 2. The highest BCUT2D eigenvalue weighted by Crippen LogP contribution is 2.44. The third kappa shape index (κ3) is 10.7. The van der Waals surface area contributed by atoms with Crippen LogP contribution >= 0.6 is 78.3 Å². The van der Waals surface area contributed by atoms with Crippen LogP contribution in [0, 0.1) is 0 Å². The number of ketones is 2. The van der Waals surface area contributed by atoms with Crippen LogP contribution in [0.2, 0.25) is 20.1 Å². The average molecular weight is 868 g/mol. The number of benzene rings is 2. The SMILES string of the molecule is O=C(C=C(c1cc(Cl)cc(Cl)c1)C(F)(F)F)c1ccc(Br)nc1.O=C(CC(O)(c1cc(Cl)cc(Cl)c1)C(F)(F)F)c1ccc(Br)nc1. The predicted octanol–water partition coefficient (Wildman–Crippen LogP) is 11.2. The van der Waals surface area contributed by atoms with Gasteiger partial charge in [-0.15, -0.1) is 0 Å². The highest BCUT2D eigenvalue weighted by molar-refractivity contribution is 9.10. The maximum atomic E-state index is 13.5. The third-order valence-corrected chi connectivity index (χ3v) is 7.85. The molecule has 4 aromatic rings. The number of hydrogen-bond acceptors (Lipinski definition) is 5. The Bertz CT molecular complexity index is 1770. The van der Waals surface area contributed by atoms with Gasteiger partial charge in [-0.25, -0.2) is 9.97 Å². The van der Waals surface area contributed by atoms with Crippen molar-refractivity contribution in [3.63, 3.8) is 0 Å². The number of carbonyl (C=O) groups excluding carboxylic acids is 2. The molecule has 0 aliphatic carbocycles. The molecule has 0 spiro atoms. The molecule has 1 unspecified atom stereocenters. The molecule has 0 saturated heterocycles. The summed E-state index contributed by atoms with van der Waals surface area (Å²) in [5.41, 5.74) is -5.47. The molecule has 5 nitrogen and oxygen atoms in total. The lowest BCUT2D eigenvalue weighted by Gasteiger charge is -2.30. The zero-order chi connectivity index (χ0) is 35.3. The summed E-state index contributed by atoms with van der Waals surface area (Å²) in [6.45, 7) is 0. The number of hydrogen-bond donors (Lipinski definition) is 1. The predicted molar refractivity (Wildman–Crippen MR) is 174 cm³/mol. The fourth-order valence-corrected chi connectivity index (χ4v) is 5.33. The van der Waals surface area contributed by atoms with Crippen molar-refractivity contribution in [2.75, 3.05) is 0 Å². The zero-order valence-corrected chi connectivity index (χ0v) is 29.1. The summed E-state index contributed by atoms with van der Waals surface area (Å²) >= 11 is 29.0. The molecule has 2 heterocycles. The number of Topliss-reactive ketones (excluding diaryl/α,β-unsaturated/α-hetero) is 1. The van der Waals surface area contributed by atoms with Crippen LogP contribution in [0.25, 0.3) is 5.57 Å². The van der Waals surface area contributed by atoms with E-state index in [1.807, 2.05) is 0 Å². The quantitative estimate of drug-likeness (QED) is 0.0866. The van der Waals surface area contributed by atoms with Gasteiger partial charge in [0.15, 0.2) is 17.2 Å². The van der Waals surface area contributed by atoms with Crippen LogP contribution in [0.1, 0.15) is 38.3 Å². The van der Waals surface area contributed by atoms with Gasteiger partial charge in [0.2, 0.25) is 0 Å². The number of pyridine rings is 2. The molecule has 2 aromatic heterocycles. The summed E-state index contributed by atoms with van der Waals surface area (Å²) in [4.78, 5) is 31.8. The van der Waals surface area contributed by atoms with Gasteiger partial charge in [-0.05, 0) is 110 Å². The summed E-state index contributed by atoms with van der Waals surface area (Å²) in [7, 11) is 0. The Kier molecular flexibility index (Phi) is 13.1. The first-order valence-corrected chi connectivity index (χ1v) is 15.6. The summed E-state index contributed by atoms with van der Waals surface area (Å²) in [6, 6.07) is 12.1. The third-order valence-electron chi connectivity index (χ3n) is 6.04. The van der Waals surface area contributed by atoms with Crippen molar-refractivity contribution < 1.29 is 41.0 Å². The lowest BCUT2D eigenvalue weighted by atomic mass is 9.86. The van der Waals surface area contributed by atoms with E-state index in [-0.39, 0.29) is 36.8 Å². The Morgan fingerprint density at radius 2 is 1.15 bits per heavy atom. The normalized spacial score (nSPS) is 13.3. The van der Waals surface area contributed by atoms with Gasteiger partial charge in [0.05, 0.1) is 12.0 Å². The summed E-state index contributed by atoms with van der Waals surface area (Å²) in [5.74, 6) is -1.75. The second-order valence-corrected chi connectivity index (χ2v) is 12.8. The van der Waals surface area contributed by atoms with E-state index in [2.05, 4.69) is 41.8 Å². The van der Waals surface area contributed by atoms with Crippen LogP contribution in [0.5, 0.6) is 0 Å². The number of rotatable bonds is 7. The largest absolute Gasteiger partial charge is 0.421 e. The highest BCUT2D eigenvalue weighted by Gasteiger charge is 2.56. The number of carbonyl (C=O) groups is 2. The topological polar surface area (TPSA) is 80.2 Å². The van der Waals surface area contributed by atoms with Gasteiger partial charge < -0.3 is 5.11 Å². The molecule has 248 valence electrons. The number of halogens is 12. The lowest BCUT2D eigenvalue weighted by Crippen LogP contribution is -2.44. The minimum Gasteiger partial charge on any atom is -0.376 e. The van der Waals surface area contributed by atoms with Crippen LogP contribution in [0.4, 0.5) is 26.3 Å². The van der Waals surface area contributed by atoms with Crippen molar-refractivity contribution in [2.45, 2.75) is 24.4 Å². The molecule has 0 saturated carbocycles. The fourth-order valence-electron chi connectivity index (χ4n) is 3.81. The maximum Gasteiger partial charge on any atom is 0.421 e. The summed E-state index contributed by atoms with van der Waals surface area (Å²) < 4.78 is 81.2. The Labute approximate surface area is 299 Å². The molecule has 0 bridgehead atoms. The highest BCUT2D eigenvalue weighted by atomic mass is 79.9. The van der Waals surface area contributed by atoms with Gasteiger partial charge >= 0.3 is 12.4 Å². The van der Waals surface area contributed by atoms with E-state index in [4.69, 9.17) is 46.4 Å². The van der Waals surface area contributed by atoms with Crippen molar-refractivity contribution in [1.29, 1.82) is 0 Å². The van der Waals surface area contributed by atoms with Crippen molar-refractivity contribution in [2.24, 2.45) is 0 Å². The molecular weight excluding hydrogens is 852 g/mol. The van der Waals surface area contributed by atoms with Crippen molar-refractivity contribution in [1.82, 2.24) is 9.97 Å². The van der Waals surface area contributed by atoms with E-state index in [9.17, 15) is 41.0 Å². The molecular formula is C30H16Br2Cl4F6N2O3. The van der Waals surface area contributed by atoms with Crippen LogP contribution in [-0.2, 0) is 5.60 Å². The van der Waals surface area contributed by atoms with Gasteiger partial charge in [0.25, 0.3) is 0 Å².